The third-order valence-corrected chi connectivity index (χ3v) is 7.95. The molecule has 1 aliphatic heterocycles. The van der Waals surface area contributed by atoms with Crippen LogP contribution in [0.5, 0.6) is 11.5 Å². The average Bonchev–Trinajstić information content (AvgIpc) is 2.84. The first-order valence-corrected chi connectivity index (χ1v) is 13.7. The highest BCUT2D eigenvalue weighted by atomic mass is 19.4. The minimum atomic E-state index is -4.74. The van der Waals surface area contributed by atoms with Gasteiger partial charge in [0.25, 0.3) is 0 Å². The van der Waals surface area contributed by atoms with Crippen LogP contribution in [0.3, 0.4) is 0 Å². The maximum atomic E-state index is 12.6. The molecule has 2 aliphatic carbocycles. The number of benzene rings is 1. The van der Waals surface area contributed by atoms with Gasteiger partial charge in [-0.05, 0) is 80.7 Å². The SMILES string of the molecule is O=C(COc1ccc(OC(F)(F)F)cc1)C[C@H]1CCCc2cnc(N3CCN(C4CCC4)CC3)nc2CC1. The van der Waals surface area contributed by atoms with Crippen LogP contribution in [0.1, 0.15) is 56.2 Å². The Morgan fingerprint density at radius 2 is 1.68 bits per heavy atom. The molecule has 1 aromatic carbocycles. The number of aromatic nitrogens is 2. The lowest BCUT2D eigenvalue weighted by atomic mass is 9.87. The first-order chi connectivity index (χ1) is 18.3. The lowest BCUT2D eigenvalue weighted by molar-refractivity contribution is -0.274. The largest absolute Gasteiger partial charge is 0.573 e. The molecule has 1 atom stereocenters. The predicted molar refractivity (Wildman–Crippen MR) is 136 cm³/mol. The van der Waals surface area contributed by atoms with Gasteiger partial charge in [0.15, 0.2) is 5.78 Å². The first kappa shape index (κ1) is 26.7. The Morgan fingerprint density at radius 3 is 2.37 bits per heavy atom. The zero-order valence-corrected chi connectivity index (χ0v) is 21.6. The number of aryl methyl sites for hydroxylation is 2. The minimum absolute atomic E-state index is 0.0147. The first-order valence-electron chi connectivity index (χ1n) is 13.7. The van der Waals surface area contributed by atoms with Crippen LogP contribution >= 0.6 is 0 Å². The molecular weight excluding hydrogens is 497 g/mol. The Bertz CT molecular complexity index is 1080. The van der Waals surface area contributed by atoms with Crippen molar-refractivity contribution in [3.63, 3.8) is 0 Å². The molecule has 1 aromatic heterocycles. The fourth-order valence-corrected chi connectivity index (χ4v) is 5.60. The number of anilines is 1. The van der Waals surface area contributed by atoms with Crippen LogP contribution in [0.2, 0.25) is 0 Å². The fourth-order valence-electron chi connectivity index (χ4n) is 5.60. The van der Waals surface area contributed by atoms with Crippen molar-refractivity contribution in [2.45, 2.75) is 70.2 Å². The van der Waals surface area contributed by atoms with Gasteiger partial charge in [0.05, 0.1) is 0 Å². The summed E-state index contributed by atoms with van der Waals surface area (Å²) in [5, 5.41) is 0. The van der Waals surface area contributed by atoms with E-state index in [1.807, 2.05) is 6.20 Å². The number of carbonyl (C=O) groups is 1. The molecule has 0 amide bonds. The van der Waals surface area contributed by atoms with E-state index in [-0.39, 0.29) is 24.1 Å². The number of hydrogen-bond acceptors (Lipinski definition) is 7. The van der Waals surface area contributed by atoms with Crippen molar-refractivity contribution >= 4 is 11.7 Å². The number of fused-ring (bicyclic) bond motifs is 1. The van der Waals surface area contributed by atoms with Gasteiger partial charge in [-0.25, -0.2) is 9.97 Å². The van der Waals surface area contributed by atoms with Gasteiger partial charge in [-0.15, -0.1) is 13.2 Å². The van der Waals surface area contributed by atoms with E-state index in [0.717, 1.165) is 76.0 Å². The number of Topliss-reactive ketones (excluding diaryl/α,β-unsaturated/α-hetero) is 1. The lowest BCUT2D eigenvalue weighted by Crippen LogP contribution is -2.52. The number of ether oxygens (including phenoxy) is 2. The summed E-state index contributed by atoms with van der Waals surface area (Å²) in [7, 11) is 0. The van der Waals surface area contributed by atoms with Crippen molar-refractivity contribution in [1.82, 2.24) is 14.9 Å². The van der Waals surface area contributed by atoms with E-state index in [1.165, 1.54) is 49.1 Å². The minimum Gasteiger partial charge on any atom is -0.486 e. The smallest absolute Gasteiger partial charge is 0.486 e. The van der Waals surface area contributed by atoms with Crippen molar-refractivity contribution in [3.8, 4) is 11.5 Å². The van der Waals surface area contributed by atoms with Crippen LogP contribution in [0.4, 0.5) is 19.1 Å². The van der Waals surface area contributed by atoms with Crippen LogP contribution in [-0.2, 0) is 17.6 Å². The summed E-state index contributed by atoms with van der Waals surface area (Å²) >= 11 is 0. The number of ketones is 1. The Labute approximate surface area is 221 Å². The maximum Gasteiger partial charge on any atom is 0.573 e. The molecule has 0 spiro atoms. The third kappa shape index (κ3) is 7.15. The summed E-state index contributed by atoms with van der Waals surface area (Å²) in [4.78, 5) is 27.2. The highest BCUT2D eigenvalue weighted by molar-refractivity contribution is 5.80. The molecule has 10 heteroatoms. The molecule has 7 nitrogen and oxygen atoms in total. The second kappa shape index (κ2) is 11.9. The number of alkyl halides is 3. The number of halogens is 3. The van der Waals surface area contributed by atoms with E-state index in [1.54, 1.807) is 0 Å². The molecule has 0 radical (unpaired) electrons. The lowest BCUT2D eigenvalue weighted by Gasteiger charge is -2.43. The normalized spacial score (nSPS) is 21.1. The third-order valence-electron chi connectivity index (χ3n) is 7.95. The molecular formula is C28H35F3N4O3. The van der Waals surface area contributed by atoms with Crippen molar-refractivity contribution in [3.05, 3.63) is 41.7 Å². The molecule has 5 rings (SSSR count). The molecule has 206 valence electrons. The second-order valence-electron chi connectivity index (χ2n) is 10.6. The van der Waals surface area contributed by atoms with Gasteiger partial charge < -0.3 is 14.4 Å². The van der Waals surface area contributed by atoms with Gasteiger partial charge in [0, 0.05) is 50.5 Å². The fraction of sp³-hybridized carbons (Fsp3) is 0.607. The molecule has 0 bridgehead atoms. The van der Waals surface area contributed by atoms with Crippen LogP contribution in [0.15, 0.2) is 30.5 Å². The summed E-state index contributed by atoms with van der Waals surface area (Å²) in [5.74, 6) is 1.07. The number of hydrogen-bond donors (Lipinski definition) is 0. The summed E-state index contributed by atoms with van der Waals surface area (Å²) in [5.41, 5.74) is 2.32. The zero-order chi connectivity index (χ0) is 26.5. The molecule has 0 unspecified atom stereocenters. The Hall–Kier alpha value is -2.88. The number of carbonyl (C=O) groups excluding carboxylic acids is 1. The molecule has 38 heavy (non-hydrogen) atoms. The monoisotopic (exact) mass is 532 g/mol. The molecule has 1 saturated carbocycles. The van der Waals surface area contributed by atoms with Crippen molar-refractivity contribution < 1.29 is 27.4 Å². The quantitative estimate of drug-likeness (QED) is 0.475. The van der Waals surface area contributed by atoms with Gasteiger partial charge in [-0.1, -0.05) is 6.42 Å². The molecule has 0 N–H and O–H groups in total. The van der Waals surface area contributed by atoms with E-state index < -0.39 is 6.36 Å². The van der Waals surface area contributed by atoms with E-state index in [4.69, 9.17) is 14.7 Å². The number of nitrogens with zero attached hydrogens (tertiary/aromatic N) is 4. The van der Waals surface area contributed by atoms with Crippen LogP contribution in [-0.4, -0.2) is 65.8 Å². The van der Waals surface area contributed by atoms with Crippen LogP contribution in [0.25, 0.3) is 0 Å². The van der Waals surface area contributed by atoms with Gasteiger partial charge >= 0.3 is 6.36 Å². The summed E-state index contributed by atoms with van der Waals surface area (Å²) < 4.78 is 46.3. The van der Waals surface area contributed by atoms with Gasteiger partial charge in [-0.2, -0.15) is 0 Å². The average molecular weight is 533 g/mol. The van der Waals surface area contributed by atoms with Crippen LogP contribution < -0.4 is 14.4 Å². The Kier molecular flexibility index (Phi) is 8.35. The van der Waals surface area contributed by atoms with Gasteiger partial charge in [0.1, 0.15) is 18.1 Å². The molecule has 1 saturated heterocycles. The summed E-state index contributed by atoms with van der Waals surface area (Å²) in [6, 6.07) is 5.85. The summed E-state index contributed by atoms with van der Waals surface area (Å²) in [6.07, 6.45) is 6.27. The Balaban J connectivity index is 1.09. The Morgan fingerprint density at radius 1 is 0.947 bits per heavy atom. The van der Waals surface area contributed by atoms with E-state index in [2.05, 4.69) is 14.5 Å². The predicted octanol–water partition coefficient (Wildman–Crippen LogP) is 4.97. The summed E-state index contributed by atoms with van der Waals surface area (Å²) in [6.45, 7) is 3.96. The molecule has 2 fully saturated rings. The van der Waals surface area contributed by atoms with Crippen molar-refractivity contribution in [2.24, 2.45) is 5.92 Å². The highest BCUT2D eigenvalue weighted by Crippen LogP contribution is 2.29. The van der Waals surface area contributed by atoms with Gasteiger partial charge in [-0.3, -0.25) is 9.69 Å². The van der Waals surface area contributed by atoms with Gasteiger partial charge in [0.2, 0.25) is 5.95 Å². The molecule has 2 aromatic rings. The zero-order valence-electron chi connectivity index (χ0n) is 21.6. The van der Waals surface area contributed by atoms with Crippen molar-refractivity contribution in [2.75, 3.05) is 37.7 Å². The highest BCUT2D eigenvalue weighted by Gasteiger charge is 2.31. The molecule has 3 aliphatic rings. The standard InChI is InChI=1S/C28H35F3N4O3/c29-28(30,31)38-25-10-8-24(9-11-25)37-19-23(36)17-20-3-1-4-21-18-32-27(33-26(21)12-7-20)35-15-13-34(14-16-35)22-5-2-6-22/h8-11,18,20,22H,1-7,12-17,19H2/t20-/m0/s1. The number of rotatable bonds is 8. The van der Waals surface area contributed by atoms with E-state index in [9.17, 15) is 18.0 Å². The maximum absolute atomic E-state index is 12.6. The van der Waals surface area contributed by atoms with Crippen LogP contribution in [0, 0.1) is 5.92 Å². The molecule has 2 heterocycles. The number of piperazine rings is 1. The second-order valence-corrected chi connectivity index (χ2v) is 10.6. The van der Waals surface area contributed by atoms with E-state index in [0.29, 0.717) is 12.2 Å². The van der Waals surface area contributed by atoms with Crippen molar-refractivity contribution in [1.29, 1.82) is 0 Å². The topological polar surface area (TPSA) is 67.8 Å². The van der Waals surface area contributed by atoms with E-state index >= 15 is 0 Å².